The molecule has 0 saturated heterocycles. The molecule has 1 amide bonds. The van der Waals surface area contributed by atoms with Crippen LogP contribution < -0.4 is 21.5 Å². The van der Waals surface area contributed by atoms with Crippen LogP contribution in [0.25, 0.3) is 6.08 Å². The number of anilines is 1. The first-order valence-corrected chi connectivity index (χ1v) is 14.9. The van der Waals surface area contributed by atoms with Crippen molar-refractivity contribution in [2.45, 2.75) is 63.9 Å². The summed E-state index contributed by atoms with van der Waals surface area (Å²) in [5, 5.41) is 13.3. The van der Waals surface area contributed by atoms with Crippen molar-refractivity contribution in [2.75, 3.05) is 11.1 Å². The van der Waals surface area contributed by atoms with Crippen LogP contribution in [-0.4, -0.2) is 34.1 Å². The Morgan fingerprint density at radius 3 is 2.40 bits per heavy atom. The first-order chi connectivity index (χ1) is 20.0. The van der Waals surface area contributed by atoms with E-state index in [-0.39, 0.29) is 23.4 Å². The summed E-state index contributed by atoms with van der Waals surface area (Å²) in [7, 11) is 0. The number of nitrogens with one attached hydrogen (secondary N) is 1. The van der Waals surface area contributed by atoms with E-state index in [2.05, 4.69) is 10.3 Å². The van der Waals surface area contributed by atoms with E-state index in [0.29, 0.717) is 29.0 Å². The third kappa shape index (κ3) is 7.53. The van der Waals surface area contributed by atoms with Gasteiger partial charge in [-0.05, 0) is 112 Å². The van der Waals surface area contributed by atoms with Gasteiger partial charge in [-0.2, -0.15) is 0 Å². The number of amides is 1. The molecule has 0 fully saturated rings. The highest BCUT2D eigenvalue weighted by atomic mass is 32.2. The summed E-state index contributed by atoms with van der Waals surface area (Å²) in [4.78, 5) is 30.4. The summed E-state index contributed by atoms with van der Waals surface area (Å²) in [6.07, 6.45) is 6.20. The summed E-state index contributed by atoms with van der Waals surface area (Å²) < 4.78 is 6.42. The van der Waals surface area contributed by atoms with Gasteiger partial charge in [0.2, 0.25) is 5.91 Å². The summed E-state index contributed by atoms with van der Waals surface area (Å²) >= 11 is 1.76. The van der Waals surface area contributed by atoms with Crippen molar-refractivity contribution in [1.29, 1.82) is 0 Å². The lowest BCUT2D eigenvalue weighted by Crippen LogP contribution is -2.40. The number of hydrogen-bond acceptors (Lipinski definition) is 6. The molecule has 42 heavy (non-hydrogen) atoms. The molecule has 220 valence electrons. The lowest BCUT2D eigenvalue weighted by molar-refractivity contribution is -0.111. The Kier molecular flexibility index (Phi) is 9.63. The Hall–Kier alpha value is -4.24. The molecule has 0 aliphatic carbocycles. The minimum atomic E-state index is -0.555. The van der Waals surface area contributed by atoms with Crippen LogP contribution in [0.15, 0.2) is 64.5 Å². The van der Waals surface area contributed by atoms with Crippen molar-refractivity contribution in [3.05, 3.63) is 82.4 Å². The zero-order chi connectivity index (χ0) is 30.4. The predicted octanol–water partition coefficient (Wildman–Crippen LogP) is 6.56. The minimum Gasteiger partial charge on any atom is -0.507 e. The third-order valence-corrected chi connectivity index (χ3v) is 8.54. The van der Waals surface area contributed by atoms with Gasteiger partial charge in [-0.1, -0.05) is 12.1 Å². The average Bonchev–Trinajstić information content (AvgIpc) is 2.94. The van der Waals surface area contributed by atoms with Crippen LogP contribution >= 0.6 is 11.8 Å². The van der Waals surface area contributed by atoms with Gasteiger partial charge in [-0.15, -0.1) is 11.8 Å². The number of carbonyl (C=O) groups is 2. The maximum absolute atomic E-state index is 13.0. The Morgan fingerprint density at radius 1 is 1.05 bits per heavy atom. The fraction of sp³-hybridized carbons (Fsp3) is 0.303. The number of nitrogens with two attached hydrogens (primary N) is 2. The van der Waals surface area contributed by atoms with Crippen LogP contribution in [0.5, 0.6) is 11.5 Å². The number of guanidine groups is 1. The van der Waals surface area contributed by atoms with E-state index in [9.17, 15) is 14.7 Å². The summed E-state index contributed by atoms with van der Waals surface area (Å²) in [6.45, 7) is 7.53. The number of aromatic hydroxyl groups is 1. The fourth-order valence-corrected chi connectivity index (χ4v) is 5.92. The molecule has 4 rings (SSSR count). The Labute approximate surface area is 251 Å². The molecule has 0 saturated carbocycles. The normalized spacial score (nSPS) is 16.1. The number of aliphatic imine (C=N–C) groups is 1. The molecule has 0 aromatic heterocycles. The van der Waals surface area contributed by atoms with Gasteiger partial charge in [-0.3, -0.25) is 9.59 Å². The lowest BCUT2D eigenvalue weighted by Gasteiger charge is -2.37. The summed E-state index contributed by atoms with van der Waals surface area (Å²) in [5.41, 5.74) is 15.1. The molecule has 0 radical (unpaired) electrons. The van der Waals surface area contributed by atoms with Gasteiger partial charge in [0.05, 0.1) is 17.7 Å². The molecule has 3 aromatic carbocycles. The maximum atomic E-state index is 13.0. The third-order valence-electron chi connectivity index (χ3n) is 7.45. The standard InChI is InChI=1S/C33H38N4O4S/c1-20-21(2)31-29(22(3)30(20)40)27(38)19-33(4,41-31)17-5-6-18-42-26-14-12-24(13-15-26)36-28(39)16-9-23-7-10-25(11-8-23)37-32(34)35/h7-16,40H,5-6,17-19H2,1-4H3,(H,36,39)(H4,34,35,37). The number of unbranched alkanes of at least 4 members (excludes halogenated alkanes) is 1. The maximum Gasteiger partial charge on any atom is 0.248 e. The van der Waals surface area contributed by atoms with E-state index in [1.165, 1.54) is 6.08 Å². The van der Waals surface area contributed by atoms with E-state index in [4.69, 9.17) is 16.2 Å². The summed E-state index contributed by atoms with van der Waals surface area (Å²) in [6, 6.07) is 15.0. The van der Waals surface area contributed by atoms with E-state index in [1.807, 2.05) is 57.2 Å². The molecular formula is C33H38N4O4S. The van der Waals surface area contributed by atoms with E-state index in [0.717, 1.165) is 52.3 Å². The highest BCUT2D eigenvalue weighted by molar-refractivity contribution is 7.99. The lowest BCUT2D eigenvalue weighted by atomic mass is 9.84. The van der Waals surface area contributed by atoms with Crippen molar-refractivity contribution < 1.29 is 19.4 Å². The number of ether oxygens (including phenoxy) is 1. The molecule has 1 aliphatic rings. The number of thioether (sulfide) groups is 1. The molecule has 0 bridgehead atoms. The average molecular weight is 587 g/mol. The van der Waals surface area contributed by atoms with Crippen LogP contribution in [0.1, 0.15) is 65.2 Å². The van der Waals surface area contributed by atoms with Crippen molar-refractivity contribution in [3.63, 3.8) is 0 Å². The number of carbonyl (C=O) groups excluding carboxylic acids is 2. The highest BCUT2D eigenvalue weighted by Crippen LogP contribution is 2.44. The number of phenols is 1. The Balaban J connectivity index is 1.22. The van der Waals surface area contributed by atoms with E-state index in [1.54, 1.807) is 36.9 Å². The molecule has 3 aromatic rings. The van der Waals surface area contributed by atoms with Gasteiger partial charge in [0.1, 0.15) is 17.1 Å². The Bertz CT molecular complexity index is 1530. The quantitative estimate of drug-likeness (QED) is 0.0693. The smallest absolute Gasteiger partial charge is 0.248 e. The number of fused-ring (bicyclic) bond motifs is 1. The largest absolute Gasteiger partial charge is 0.507 e. The van der Waals surface area contributed by atoms with Gasteiger partial charge in [0, 0.05) is 22.2 Å². The highest BCUT2D eigenvalue weighted by Gasteiger charge is 2.39. The van der Waals surface area contributed by atoms with Crippen LogP contribution in [0.2, 0.25) is 0 Å². The van der Waals surface area contributed by atoms with Crippen LogP contribution in [-0.2, 0) is 4.79 Å². The molecular weight excluding hydrogens is 548 g/mol. The molecule has 1 aliphatic heterocycles. The number of hydrogen-bond donors (Lipinski definition) is 4. The molecule has 6 N–H and O–H groups in total. The van der Waals surface area contributed by atoms with Crippen molar-refractivity contribution in [2.24, 2.45) is 16.5 Å². The van der Waals surface area contributed by atoms with Crippen LogP contribution in [0.3, 0.4) is 0 Å². The SMILES string of the molecule is Cc1c(C)c2c(c(C)c1O)C(=O)CC(C)(CCCCSc1ccc(NC(=O)C=Cc3ccc(N=C(N)N)cc3)cc1)O2. The number of Topliss-reactive ketones (excluding diaryl/α,β-unsaturated/α-hetero) is 1. The number of benzene rings is 3. The van der Waals surface area contributed by atoms with E-state index >= 15 is 0 Å². The zero-order valence-electron chi connectivity index (χ0n) is 24.5. The number of nitrogens with zero attached hydrogens (tertiary/aromatic N) is 1. The Morgan fingerprint density at radius 2 is 1.74 bits per heavy atom. The van der Waals surface area contributed by atoms with E-state index < -0.39 is 5.60 Å². The predicted molar refractivity (Wildman–Crippen MR) is 171 cm³/mol. The zero-order valence-corrected chi connectivity index (χ0v) is 25.3. The number of ketones is 1. The molecule has 0 spiro atoms. The van der Waals surface area contributed by atoms with Crippen LogP contribution in [0, 0.1) is 20.8 Å². The second-order valence-corrected chi connectivity index (χ2v) is 12.0. The topological polar surface area (TPSA) is 140 Å². The number of rotatable bonds is 10. The van der Waals surface area contributed by atoms with Gasteiger partial charge >= 0.3 is 0 Å². The van der Waals surface area contributed by atoms with Gasteiger partial charge in [0.25, 0.3) is 0 Å². The molecule has 1 unspecified atom stereocenters. The first kappa shape index (κ1) is 30.7. The molecule has 9 heteroatoms. The fourth-order valence-electron chi connectivity index (χ4n) is 5.01. The van der Waals surface area contributed by atoms with Crippen LogP contribution in [0.4, 0.5) is 11.4 Å². The minimum absolute atomic E-state index is 0.00409. The van der Waals surface area contributed by atoms with Gasteiger partial charge in [0.15, 0.2) is 11.7 Å². The van der Waals surface area contributed by atoms with Gasteiger partial charge < -0.3 is 26.6 Å². The second kappa shape index (κ2) is 13.2. The molecule has 1 heterocycles. The first-order valence-electron chi connectivity index (χ1n) is 13.9. The summed E-state index contributed by atoms with van der Waals surface area (Å²) in [5.74, 6) is 1.54. The molecule has 8 nitrogen and oxygen atoms in total. The second-order valence-electron chi connectivity index (χ2n) is 10.9. The van der Waals surface area contributed by atoms with Gasteiger partial charge in [-0.25, -0.2) is 4.99 Å². The molecule has 1 atom stereocenters. The number of phenolic OH excluding ortho intramolecular Hbond substituents is 1. The van der Waals surface area contributed by atoms with Crippen molar-refractivity contribution >= 4 is 46.9 Å². The van der Waals surface area contributed by atoms with Crippen molar-refractivity contribution in [3.8, 4) is 11.5 Å². The van der Waals surface area contributed by atoms with Crippen molar-refractivity contribution in [1.82, 2.24) is 0 Å². The monoisotopic (exact) mass is 586 g/mol.